The number of nitrogens with one attached hydrogen (secondary N) is 2. The van der Waals surface area contributed by atoms with Crippen LogP contribution in [0.25, 0.3) is 0 Å². The molecule has 1 aromatic carbocycles. The molecule has 0 aliphatic carbocycles. The summed E-state index contributed by atoms with van der Waals surface area (Å²) >= 11 is 0. The Morgan fingerprint density at radius 3 is 2.63 bits per heavy atom. The predicted molar refractivity (Wildman–Crippen MR) is 73.2 cm³/mol. The molecule has 1 amide bonds. The van der Waals surface area contributed by atoms with Gasteiger partial charge in [0.25, 0.3) is 5.91 Å². The highest BCUT2D eigenvalue weighted by molar-refractivity contribution is 6.06. The molecule has 0 aliphatic rings. The van der Waals surface area contributed by atoms with Crippen molar-refractivity contribution in [2.75, 3.05) is 11.9 Å². The molecule has 1 rings (SSSR count). The Bertz CT molecular complexity index is 498. The minimum atomic E-state index is -0.545. The third-order valence-electron chi connectivity index (χ3n) is 2.33. The Morgan fingerprint density at radius 1 is 1.47 bits per heavy atom. The SMILES string of the molecule is Cc1ccc(NC(=O)/C(C#N)=C\NCC(C)O)cc1. The van der Waals surface area contributed by atoms with Gasteiger partial charge in [-0.1, -0.05) is 17.7 Å². The van der Waals surface area contributed by atoms with Crippen LogP contribution in [-0.2, 0) is 4.79 Å². The fourth-order valence-electron chi connectivity index (χ4n) is 1.32. The average molecular weight is 259 g/mol. The molecule has 1 aromatic rings. The topological polar surface area (TPSA) is 85.2 Å². The number of carbonyl (C=O) groups excluding carboxylic acids is 1. The Hall–Kier alpha value is -2.32. The third kappa shape index (κ3) is 5.23. The van der Waals surface area contributed by atoms with E-state index in [0.29, 0.717) is 5.69 Å². The zero-order chi connectivity index (χ0) is 14.3. The second-order valence-electron chi connectivity index (χ2n) is 4.25. The van der Waals surface area contributed by atoms with Gasteiger partial charge in [-0.25, -0.2) is 0 Å². The lowest BCUT2D eigenvalue weighted by Crippen LogP contribution is -2.22. The second-order valence-corrected chi connectivity index (χ2v) is 4.25. The highest BCUT2D eigenvalue weighted by Gasteiger charge is 2.08. The molecule has 100 valence electrons. The summed E-state index contributed by atoms with van der Waals surface area (Å²) in [6.07, 6.45) is 0.757. The minimum absolute atomic E-state index is 0.0405. The van der Waals surface area contributed by atoms with Crippen LogP contribution >= 0.6 is 0 Å². The summed E-state index contributed by atoms with van der Waals surface area (Å²) in [7, 11) is 0. The van der Waals surface area contributed by atoms with Crippen molar-refractivity contribution in [2.24, 2.45) is 0 Å². The van der Waals surface area contributed by atoms with Crippen molar-refractivity contribution in [3.05, 3.63) is 41.6 Å². The quantitative estimate of drug-likeness (QED) is 0.550. The number of benzene rings is 1. The van der Waals surface area contributed by atoms with E-state index < -0.39 is 12.0 Å². The van der Waals surface area contributed by atoms with Crippen LogP contribution in [0.4, 0.5) is 5.69 Å². The highest BCUT2D eigenvalue weighted by atomic mass is 16.3. The number of nitrogens with zero attached hydrogens (tertiary/aromatic N) is 1. The van der Waals surface area contributed by atoms with Crippen LogP contribution in [0, 0.1) is 18.3 Å². The first-order valence-corrected chi connectivity index (χ1v) is 5.92. The van der Waals surface area contributed by atoms with Crippen LogP contribution in [0.2, 0.25) is 0 Å². The first kappa shape index (κ1) is 14.7. The van der Waals surface area contributed by atoms with Gasteiger partial charge in [-0.3, -0.25) is 4.79 Å². The third-order valence-corrected chi connectivity index (χ3v) is 2.33. The molecule has 19 heavy (non-hydrogen) atoms. The van der Waals surface area contributed by atoms with Gasteiger partial charge in [-0.15, -0.1) is 0 Å². The van der Waals surface area contributed by atoms with Gasteiger partial charge in [-0.05, 0) is 26.0 Å². The van der Waals surface area contributed by atoms with Crippen molar-refractivity contribution in [1.82, 2.24) is 5.32 Å². The zero-order valence-electron chi connectivity index (χ0n) is 11.0. The standard InChI is InChI=1S/C14H17N3O2/c1-10-3-5-13(6-4-10)17-14(19)12(7-15)9-16-8-11(2)18/h3-6,9,11,16,18H,8H2,1-2H3,(H,17,19)/b12-9-. The fraction of sp³-hybridized carbons (Fsp3) is 0.286. The predicted octanol–water partition coefficient (Wildman–Crippen LogP) is 1.31. The number of aliphatic hydroxyl groups excluding tert-OH is 1. The van der Waals surface area contributed by atoms with Crippen molar-refractivity contribution in [1.29, 1.82) is 5.26 Å². The molecule has 0 heterocycles. The highest BCUT2D eigenvalue weighted by Crippen LogP contribution is 2.09. The smallest absolute Gasteiger partial charge is 0.267 e. The first-order valence-electron chi connectivity index (χ1n) is 5.92. The van der Waals surface area contributed by atoms with Gasteiger partial charge in [0.2, 0.25) is 0 Å². The molecule has 0 saturated carbocycles. The summed E-state index contributed by atoms with van der Waals surface area (Å²) in [6, 6.07) is 9.09. The van der Waals surface area contributed by atoms with Crippen LogP contribution in [0.15, 0.2) is 36.0 Å². The first-order chi connectivity index (χ1) is 9.02. The maximum Gasteiger partial charge on any atom is 0.267 e. The Kier molecular flexibility index (Phi) is 5.58. The van der Waals surface area contributed by atoms with Crippen molar-refractivity contribution in [2.45, 2.75) is 20.0 Å². The van der Waals surface area contributed by atoms with Crippen LogP contribution < -0.4 is 10.6 Å². The molecule has 1 unspecified atom stereocenters. The summed E-state index contributed by atoms with van der Waals surface area (Å²) in [4.78, 5) is 11.8. The molecule has 0 aliphatic heterocycles. The molecule has 0 aromatic heterocycles. The van der Waals surface area contributed by atoms with E-state index in [2.05, 4.69) is 10.6 Å². The maximum atomic E-state index is 11.8. The number of aliphatic hydroxyl groups is 1. The van der Waals surface area contributed by atoms with Crippen molar-refractivity contribution in [3.8, 4) is 6.07 Å². The average Bonchev–Trinajstić information content (AvgIpc) is 2.37. The summed E-state index contributed by atoms with van der Waals surface area (Å²) in [5.74, 6) is -0.482. The molecule has 3 N–H and O–H groups in total. The Labute approximate surface area is 112 Å². The summed E-state index contributed by atoms with van der Waals surface area (Å²) in [6.45, 7) is 3.84. The van der Waals surface area contributed by atoms with E-state index in [1.54, 1.807) is 19.1 Å². The second kappa shape index (κ2) is 7.19. The van der Waals surface area contributed by atoms with Gasteiger partial charge < -0.3 is 15.7 Å². The summed E-state index contributed by atoms with van der Waals surface area (Å²) in [5, 5.41) is 23.3. The summed E-state index contributed by atoms with van der Waals surface area (Å²) in [5.41, 5.74) is 1.68. The number of hydrogen-bond donors (Lipinski definition) is 3. The Balaban J connectivity index is 2.64. The van der Waals surface area contributed by atoms with E-state index >= 15 is 0 Å². The van der Waals surface area contributed by atoms with Gasteiger partial charge in [0, 0.05) is 18.4 Å². The lowest BCUT2D eigenvalue weighted by molar-refractivity contribution is -0.112. The number of aryl methyl sites for hydroxylation is 1. The van der Waals surface area contributed by atoms with E-state index in [1.165, 1.54) is 6.20 Å². The number of anilines is 1. The number of carbonyl (C=O) groups is 1. The lowest BCUT2D eigenvalue weighted by atomic mass is 10.2. The Morgan fingerprint density at radius 2 is 2.11 bits per heavy atom. The molecule has 1 atom stereocenters. The van der Waals surface area contributed by atoms with Crippen LogP contribution in [0.3, 0.4) is 0 Å². The van der Waals surface area contributed by atoms with Crippen LogP contribution in [0.1, 0.15) is 12.5 Å². The van der Waals surface area contributed by atoms with Gasteiger partial charge in [-0.2, -0.15) is 5.26 Å². The van der Waals surface area contributed by atoms with E-state index in [1.807, 2.05) is 25.1 Å². The monoisotopic (exact) mass is 259 g/mol. The van der Waals surface area contributed by atoms with E-state index in [0.717, 1.165) is 5.56 Å². The minimum Gasteiger partial charge on any atom is -0.392 e. The molecular weight excluding hydrogens is 242 g/mol. The molecular formula is C14H17N3O2. The maximum absolute atomic E-state index is 11.8. The van der Waals surface area contributed by atoms with Crippen LogP contribution in [-0.4, -0.2) is 23.7 Å². The van der Waals surface area contributed by atoms with Gasteiger partial charge in [0.05, 0.1) is 6.10 Å². The number of nitriles is 1. The fourth-order valence-corrected chi connectivity index (χ4v) is 1.32. The van der Waals surface area contributed by atoms with Gasteiger partial charge in [0.15, 0.2) is 0 Å². The largest absolute Gasteiger partial charge is 0.392 e. The molecule has 5 heteroatoms. The lowest BCUT2D eigenvalue weighted by Gasteiger charge is -2.06. The van der Waals surface area contributed by atoms with Gasteiger partial charge in [0.1, 0.15) is 11.6 Å². The molecule has 0 bridgehead atoms. The van der Waals surface area contributed by atoms with E-state index in [9.17, 15) is 4.79 Å². The van der Waals surface area contributed by atoms with Crippen molar-refractivity contribution < 1.29 is 9.90 Å². The molecule has 0 radical (unpaired) electrons. The molecule has 5 nitrogen and oxygen atoms in total. The number of hydrogen-bond acceptors (Lipinski definition) is 4. The summed E-state index contributed by atoms with van der Waals surface area (Å²) < 4.78 is 0. The van der Waals surface area contributed by atoms with Crippen LogP contribution in [0.5, 0.6) is 0 Å². The van der Waals surface area contributed by atoms with E-state index in [-0.39, 0.29) is 12.1 Å². The number of rotatable bonds is 5. The van der Waals surface area contributed by atoms with E-state index in [4.69, 9.17) is 10.4 Å². The molecule has 0 spiro atoms. The van der Waals surface area contributed by atoms with Crippen molar-refractivity contribution in [3.63, 3.8) is 0 Å². The number of amides is 1. The van der Waals surface area contributed by atoms with Crippen molar-refractivity contribution >= 4 is 11.6 Å². The molecule has 0 saturated heterocycles. The molecule has 0 fully saturated rings. The normalized spacial score (nSPS) is 12.4. The van der Waals surface area contributed by atoms with Gasteiger partial charge >= 0.3 is 0 Å². The zero-order valence-corrected chi connectivity index (χ0v) is 11.0.